The van der Waals surface area contributed by atoms with Crippen molar-refractivity contribution in [3.05, 3.63) is 33.9 Å². The van der Waals surface area contributed by atoms with Crippen molar-refractivity contribution < 1.29 is 19.6 Å². The second kappa shape index (κ2) is 6.99. The third-order valence-electron chi connectivity index (χ3n) is 3.76. The molecule has 0 aromatic heterocycles. The van der Waals surface area contributed by atoms with E-state index in [0.717, 1.165) is 12.8 Å². The number of hydrogen-bond acceptors (Lipinski definition) is 5. The lowest BCUT2D eigenvalue weighted by molar-refractivity contribution is -0.387. The number of carbonyl (C=O) groups excluding carboxylic acids is 1. The number of nitro benzene ring substituents is 1. The van der Waals surface area contributed by atoms with Crippen molar-refractivity contribution in [2.24, 2.45) is 5.92 Å². The van der Waals surface area contributed by atoms with Crippen LogP contribution in [0.1, 0.15) is 30.1 Å². The summed E-state index contributed by atoms with van der Waals surface area (Å²) in [6, 6.07) is 4.42. The van der Waals surface area contributed by atoms with E-state index >= 15 is 0 Å². The molecular weight excluding hydrogens is 320 g/mol. The van der Waals surface area contributed by atoms with E-state index in [9.17, 15) is 19.7 Å². The molecule has 1 amide bonds. The number of hydrogen-bond donors (Lipinski definition) is 1. The molecule has 0 bridgehead atoms. The van der Waals surface area contributed by atoms with Gasteiger partial charge in [-0.2, -0.15) is 0 Å². The van der Waals surface area contributed by atoms with Crippen molar-refractivity contribution in [2.45, 2.75) is 30.7 Å². The second-order valence-corrected chi connectivity index (χ2v) is 6.42. The first kappa shape index (κ1) is 17.3. The molecule has 0 saturated heterocycles. The Balaban J connectivity index is 2.28. The molecule has 1 aliphatic rings. The van der Waals surface area contributed by atoms with Crippen LogP contribution < -0.4 is 0 Å². The normalized spacial score (nSPS) is 15.0. The number of carbonyl (C=O) groups is 2. The van der Waals surface area contributed by atoms with Crippen LogP contribution in [-0.2, 0) is 4.79 Å². The fraction of sp³-hybridized carbons (Fsp3) is 0.467. The van der Waals surface area contributed by atoms with Gasteiger partial charge in [-0.05, 0) is 31.2 Å². The molecule has 1 unspecified atom stereocenters. The third-order valence-corrected chi connectivity index (χ3v) is 4.55. The molecule has 23 heavy (non-hydrogen) atoms. The number of thioether (sulfide) groups is 1. The highest BCUT2D eigenvalue weighted by molar-refractivity contribution is 7.98. The van der Waals surface area contributed by atoms with Crippen LogP contribution in [0.15, 0.2) is 23.1 Å². The van der Waals surface area contributed by atoms with Gasteiger partial charge in [0.1, 0.15) is 0 Å². The van der Waals surface area contributed by atoms with Crippen LogP contribution in [0.3, 0.4) is 0 Å². The molecule has 0 radical (unpaired) electrons. The fourth-order valence-corrected chi connectivity index (χ4v) is 2.84. The topological polar surface area (TPSA) is 101 Å². The molecule has 0 aliphatic heterocycles. The van der Waals surface area contributed by atoms with Crippen molar-refractivity contribution in [1.29, 1.82) is 0 Å². The van der Waals surface area contributed by atoms with E-state index in [2.05, 4.69) is 0 Å². The minimum Gasteiger partial charge on any atom is -0.481 e. The average molecular weight is 338 g/mol. The smallest absolute Gasteiger partial charge is 0.308 e. The minimum absolute atomic E-state index is 0.0311. The molecule has 1 saturated carbocycles. The van der Waals surface area contributed by atoms with Gasteiger partial charge in [-0.3, -0.25) is 19.7 Å². The molecule has 1 aromatic rings. The Morgan fingerprint density at radius 1 is 1.48 bits per heavy atom. The molecule has 1 aliphatic carbocycles. The number of nitrogens with zero attached hydrogens (tertiary/aromatic N) is 2. The van der Waals surface area contributed by atoms with Crippen LogP contribution in [0, 0.1) is 16.0 Å². The van der Waals surface area contributed by atoms with E-state index in [1.807, 2.05) is 0 Å². The van der Waals surface area contributed by atoms with Crippen LogP contribution in [0.4, 0.5) is 5.69 Å². The van der Waals surface area contributed by atoms with Crippen molar-refractivity contribution in [3.63, 3.8) is 0 Å². The minimum atomic E-state index is -0.966. The maximum atomic E-state index is 12.7. The number of amides is 1. The van der Waals surface area contributed by atoms with Crippen LogP contribution in [0.5, 0.6) is 0 Å². The number of rotatable bonds is 7. The van der Waals surface area contributed by atoms with Gasteiger partial charge in [-0.15, -0.1) is 11.8 Å². The maximum Gasteiger partial charge on any atom is 0.308 e. The van der Waals surface area contributed by atoms with Gasteiger partial charge in [0.15, 0.2) is 0 Å². The lowest BCUT2D eigenvalue weighted by Crippen LogP contribution is -2.38. The lowest BCUT2D eigenvalue weighted by atomic mass is 10.1. The maximum absolute atomic E-state index is 12.7. The number of nitro groups is 1. The largest absolute Gasteiger partial charge is 0.481 e. The van der Waals surface area contributed by atoms with E-state index in [0.29, 0.717) is 4.90 Å². The van der Waals surface area contributed by atoms with E-state index in [4.69, 9.17) is 5.11 Å². The van der Waals surface area contributed by atoms with Crippen molar-refractivity contribution in [2.75, 3.05) is 12.8 Å². The third kappa shape index (κ3) is 4.01. The Morgan fingerprint density at radius 3 is 2.61 bits per heavy atom. The molecule has 8 heteroatoms. The Bertz CT molecular complexity index is 645. The molecule has 1 aromatic carbocycles. The quantitative estimate of drug-likeness (QED) is 0.466. The summed E-state index contributed by atoms with van der Waals surface area (Å²) in [6.45, 7) is 1.65. The van der Waals surface area contributed by atoms with Gasteiger partial charge in [0.2, 0.25) is 0 Å². The number of aliphatic carboxylic acids is 1. The summed E-state index contributed by atoms with van der Waals surface area (Å²) in [5.41, 5.74) is 0.115. The fourth-order valence-electron chi connectivity index (χ4n) is 2.29. The van der Waals surface area contributed by atoms with Gasteiger partial charge >= 0.3 is 5.97 Å². The van der Waals surface area contributed by atoms with Crippen LogP contribution >= 0.6 is 11.8 Å². The monoisotopic (exact) mass is 338 g/mol. The Labute approximate surface area is 137 Å². The molecule has 124 valence electrons. The number of carboxylic acid groups (broad SMARTS) is 1. The Hall–Kier alpha value is -2.09. The summed E-state index contributed by atoms with van der Waals surface area (Å²) in [4.78, 5) is 36.3. The molecule has 1 fully saturated rings. The Morgan fingerprint density at radius 2 is 2.13 bits per heavy atom. The van der Waals surface area contributed by atoms with Crippen molar-refractivity contribution >= 4 is 29.3 Å². The van der Waals surface area contributed by atoms with Crippen LogP contribution in [-0.4, -0.2) is 45.6 Å². The van der Waals surface area contributed by atoms with Crippen LogP contribution in [0.25, 0.3) is 0 Å². The van der Waals surface area contributed by atoms with E-state index in [1.54, 1.807) is 25.3 Å². The first-order chi connectivity index (χ1) is 10.8. The van der Waals surface area contributed by atoms with Gasteiger partial charge in [0.05, 0.1) is 15.7 Å². The molecule has 7 nitrogen and oxygen atoms in total. The highest BCUT2D eigenvalue weighted by atomic mass is 32.2. The van der Waals surface area contributed by atoms with Crippen molar-refractivity contribution in [3.8, 4) is 0 Å². The zero-order valence-corrected chi connectivity index (χ0v) is 13.7. The summed E-state index contributed by atoms with van der Waals surface area (Å²) in [5.74, 6) is -2.00. The zero-order chi connectivity index (χ0) is 17.1. The highest BCUT2D eigenvalue weighted by Crippen LogP contribution is 2.32. The van der Waals surface area contributed by atoms with Crippen LogP contribution in [0.2, 0.25) is 0 Å². The van der Waals surface area contributed by atoms with E-state index in [1.165, 1.54) is 22.7 Å². The van der Waals surface area contributed by atoms with E-state index in [-0.39, 0.29) is 29.7 Å². The number of benzene rings is 1. The van der Waals surface area contributed by atoms with Gasteiger partial charge in [0, 0.05) is 24.2 Å². The summed E-state index contributed by atoms with van der Waals surface area (Å²) in [5, 5.41) is 20.2. The molecule has 0 spiro atoms. The summed E-state index contributed by atoms with van der Waals surface area (Å²) < 4.78 is 0. The molecule has 0 heterocycles. The SMILES string of the molecule is CSc1ccc(C(=O)N(CC(C)C(=O)O)C2CC2)cc1[N+](=O)[O-]. The predicted octanol–water partition coefficient (Wildman–Crippen LogP) is 2.64. The number of carboxylic acids is 1. The molecule has 2 rings (SSSR count). The summed E-state index contributed by atoms with van der Waals surface area (Å²) in [6.07, 6.45) is 3.40. The van der Waals surface area contributed by atoms with Crippen molar-refractivity contribution in [1.82, 2.24) is 4.90 Å². The van der Waals surface area contributed by atoms with Gasteiger partial charge in [-0.1, -0.05) is 6.92 Å². The lowest BCUT2D eigenvalue weighted by Gasteiger charge is -2.24. The highest BCUT2D eigenvalue weighted by Gasteiger charge is 2.35. The van der Waals surface area contributed by atoms with Gasteiger partial charge < -0.3 is 10.0 Å². The molecule has 1 atom stereocenters. The predicted molar refractivity (Wildman–Crippen MR) is 85.7 cm³/mol. The van der Waals surface area contributed by atoms with Gasteiger partial charge in [0.25, 0.3) is 11.6 Å². The summed E-state index contributed by atoms with van der Waals surface area (Å²) in [7, 11) is 0. The molecular formula is C15H18N2O5S. The molecule has 1 N–H and O–H groups in total. The Kier molecular flexibility index (Phi) is 5.25. The standard InChI is InChI=1S/C15H18N2O5S/c1-9(15(19)20)8-16(11-4-5-11)14(18)10-3-6-13(23-2)12(7-10)17(21)22/h3,6-7,9,11H,4-5,8H2,1-2H3,(H,19,20). The van der Waals surface area contributed by atoms with E-state index < -0.39 is 16.8 Å². The first-order valence-electron chi connectivity index (χ1n) is 7.21. The first-order valence-corrected chi connectivity index (χ1v) is 8.43. The second-order valence-electron chi connectivity index (χ2n) is 5.57. The zero-order valence-electron chi connectivity index (χ0n) is 12.9. The van der Waals surface area contributed by atoms with Gasteiger partial charge in [-0.25, -0.2) is 0 Å². The average Bonchev–Trinajstić information content (AvgIpc) is 3.35. The summed E-state index contributed by atoms with van der Waals surface area (Å²) >= 11 is 1.24.